The van der Waals surface area contributed by atoms with Crippen LogP contribution in [-0.2, 0) is 0 Å². The summed E-state index contributed by atoms with van der Waals surface area (Å²) >= 11 is 0. The maximum Gasteiger partial charge on any atom is 0.284 e. The molecule has 0 fully saturated rings. The molecule has 3 aromatic rings. The molecule has 2 aromatic carbocycles. The van der Waals surface area contributed by atoms with Gasteiger partial charge in [0.25, 0.3) is 5.56 Å². The predicted octanol–water partition coefficient (Wildman–Crippen LogP) is 3.75. The SMILES string of the molecule is CC(=Cc1ccccc1)c1nc(=O)c2ccccc2o1. The standard InChI is InChI=1S/C17H13NO2/c1-12(11-13-7-3-2-4-8-13)17-18-16(19)14-9-5-6-10-15(14)20-17/h2-11H,1H3. The Hall–Kier alpha value is -2.68. The van der Waals surface area contributed by atoms with E-state index >= 15 is 0 Å². The number of nitrogens with zero attached hydrogens (tertiary/aromatic N) is 1. The van der Waals surface area contributed by atoms with Crippen molar-refractivity contribution < 1.29 is 4.42 Å². The highest BCUT2D eigenvalue weighted by molar-refractivity contribution is 5.80. The Morgan fingerprint density at radius 2 is 1.75 bits per heavy atom. The van der Waals surface area contributed by atoms with Crippen molar-refractivity contribution in [1.82, 2.24) is 4.98 Å². The van der Waals surface area contributed by atoms with E-state index in [0.29, 0.717) is 16.9 Å². The lowest BCUT2D eigenvalue weighted by atomic mass is 10.1. The molecule has 3 nitrogen and oxygen atoms in total. The Morgan fingerprint density at radius 1 is 1.05 bits per heavy atom. The molecule has 0 aliphatic heterocycles. The van der Waals surface area contributed by atoms with Gasteiger partial charge in [-0.2, -0.15) is 4.98 Å². The van der Waals surface area contributed by atoms with Crippen LogP contribution in [-0.4, -0.2) is 4.98 Å². The highest BCUT2D eigenvalue weighted by Gasteiger charge is 2.07. The molecule has 0 aliphatic carbocycles. The van der Waals surface area contributed by atoms with Crippen molar-refractivity contribution in [3.8, 4) is 0 Å². The van der Waals surface area contributed by atoms with Crippen molar-refractivity contribution in [2.75, 3.05) is 0 Å². The van der Waals surface area contributed by atoms with Gasteiger partial charge < -0.3 is 4.42 Å². The Balaban J connectivity index is 2.11. The fourth-order valence-corrected chi connectivity index (χ4v) is 2.04. The second kappa shape index (κ2) is 5.13. The molecule has 0 saturated carbocycles. The van der Waals surface area contributed by atoms with Crippen LogP contribution in [0.4, 0.5) is 0 Å². The minimum Gasteiger partial charge on any atom is -0.438 e. The van der Waals surface area contributed by atoms with E-state index in [4.69, 9.17) is 4.42 Å². The number of hydrogen-bond acceptors (Lipinski definition) is 3. The van der Waals surface area contributed by atoms with E-state index in [1.54, 1.807) is 18.2 Å². The van der Waals surface area contributed by atoms with Crippen molar-refractivity contribution in [1.29, 1.82) is 0 Å². The Bertz CT molecular complexity index is 832. The topological polar surface area (TPSA) is 43.1 Å². The number of allylic oxidation sites excluding steroid dienone is 1. The molecule has 0 N–H and O–H groups in total. The second-order valence-electron chi connectivity index (χ2n) is 4.56. The van der Waals surface area contributed by atoms with Crippen molar-refractivity contribution in [3.63, 3.8) is 0 Å². The zero-order valence-electron chi connectivity index (χ0n) is 11.0. The third kappa shape index (κ3) is 2.38. The minimum atomic E-state index is -0.261. The highest BCUT2D eigenvalue weighted by Crippen LogP contribution is 2.18. The van der Waals surface area contributed by atoms with Crippen LogP contribution in [0.2, 0.25) is 0 Å². The van der Waals surface area contributed by atoms with Gasteiger partial charge in [0.15, 0.2) is 0 Å². The molecule has 98 valence electrons. The fourth-order valence-electron chi connectivity index (χ4n) is 2.04. The Kier molecular flexibility index (Phi) is 3.17. The quantitative estimate of drug-likeness (QED) is 0.707. The number of aromatic nitrogens is 1. The summed E-state index contributed by atoms with van der Waals surface area (Å²) in [7, 11) is 0. The van der Waals surface area contributed by atoms with E-state index in [0.717, 1.165) is 11.1 Å². The number of rotatable bonds is 2. The monoisotopic (exact) mass is 263 g/mol. The first kappa shape index (κ1) is 12.4. The lowest BCUT2D eigenvalue weighted by molar-refractivity contribution is 0.558. The number of hydrogen-bond donors (Lipinski definition) is 0. The normalized spacial score (nSPS) is 11.8. The number of fused-ring (bicyclic) bond motifs is 1. The maximum absolute atomic E-state index is 12.0. The van der Waals surface area contributed by atoms with Crippen LogP contribution >= 0.6 is 0 Å². The maximum atomic E-state index is 12.0. The minimum absolute atomic E-state index is 0.261. The molecule has 0 bridgehead atoms. The molecule has 0 aliphatic rings. The highest BCUT2D eigenvalue weighted by atomic mass is 16.3. The van der Waals surface area contributed by atoms with Crippen LogP contribution in [0.1, 0.15) is 18.4 Å². The lowest BCUT2D eigenvalue weighted by Crippen LogP contribution is -2.08. The van der Waals surface area contributed by atoms with E-state index in [1.807, 2.05) is 49.4 Å². The van der Waals surface area contributed by atoms with E-state index in [9.17, 15) is 4.79 Å². The largest absolute Gasteiger partial charge is 0.438 e. The van der Waals surface area contributed by atoms with Crippen LogP contribution < -0.4 is 5.56 Å². The molecule has 3 heteroatoms. The Morgan fingerprint density at radius 3 is 2.55 bits per heavy atom. The predicted molar refractivity (Wildman–Crippen MR) is 80.3 cm³/mol. The summed E-state index contributed by atoms with van der Waals surface area (Å²) in [6, 6.07) is 17.0. The molecular formula is C17H13NO2. The molecule has 0 saturated heterocycles. The van der Waals surface area contributed by atoms with Gasteiger partial charge in [0, 0.05) is 5.57 Å². The van der Waals surface area contributed by atoms with Crippen molar-refractivity contribution in [3.05, 3.63) is 76.4 Å². The van der Waals surface area contributed by atoms with Crippen LogP contribution in [0.15, 0.2) is 63.8 Å². The van der Waals surface area contributed by atoms with Crippen LogP contribution in [0.5, 0.6) is 0 Å². The van der Waals surface area contributed by atoms with Gasteiger partial charge in [-0.3, -0.25) is 4.79 Å². The smallest absolute Gasteiger partial charge is 0.284 e. The van der Waals surface area contributed by atoms with E-state index in [2.05, 4.69) is 4.98 Å². The molecule has 0 atom stereocenters. The third-order valence-corrected chi connectivity index (χ3v) is 3.05. The van der Waals surface area contributed by atoms with E-state index in [1.165, 1.54) is 0 Å². The zero-order chi connectivity index (χ0) is 13.9. The van der Waals surface area contributed by atoms with Gasteiger partial charge in [0.2, 0.25) is 5.89 Å². The zero-order valence-corrected chi connectivity index (χ0v) is 11.0. The molecule has 0 spiro atoms. The average molecular weight is 263 g/mol. The summed E-state index contributed by atoms with van der Waals surface area (Å²) in [4.78, 5) is 16.0. The summed E-state index contributed by atoms with van der Waals surface area (Å²) in [5, 5.41) is 0.503. The summed E-state index contributed by atoms with van der Waals surface area (Å²) in [5.74, 6) is 0.359. The summed E-state index contributed by atoms with van der Waals surface area (Å²) < 4.78 is 5.70. The van der Waals surface area contributed by atoms with Crippen LogP contribution in [0.3, 0.4) is 0 Å². The van der Waals surface area contributed by atoms with E-state index in [-0.39, 0.29) is 5.56 Å². The van der Waals surface area contributed by atoms with Gasteiger partial charge in [0.1, 0.15) is 5.58 Å². The van der Waals surface area contributed by atoms with E-state index < -0.39 is 0 Å². The molecule has 1 aromatic heterocycles. The van der Waals surface area contributed by atoms with Crippen molar-refractivity contribution in [2.24, 2.45) is 0 Å². The average Bonchev–Trinajstić information content (AvgIpc) is 2.48. The van der Waals surface area contributed by atoms with Gasteiger partial charge in [0.05, 0.1) is 5.39 Å². The molecule has 3 rings (SSSR count). The summed E-state index contributed by atoms with van der Waals surface area (Å²) in [6.07, 6.45) is 1.94. The third-order valence-electron chi connectivity index (χ3n) is 3.05. The van der Waals surface area contributed by atoms with Crippen LogP contribution in [0.25, 0.3) is 22.6 Å². The van der Waals surface area contributed by atoms with Gasteiger partial charge in [-0.1, -0.05) is 42.5 Å². The van der Waals surface area contributed by atoms with Gasteiger partial charge in [-0.05, 0) is 30.7 Å². The van der Waals surface area contributed by atoms with Gasteiger partial charge in [-0.15, -0.1) is 0 Å². The summed E-state index contributed by atoms with van der Waals surface area (Å²) in [6.45, 7) is 1.88. The first-order valence-corrected chi connectivity index (χ1v) is 6.37. The van der Waals surface area contributed by atoms with Crippen LogP contribution in [0, 0.1) is 0 Å². The fraction of sp³-hybridized carbons (Fsp3) is 0.0588. The summed E-state index contributed by atoms with van der Waals surface area (Å²) in [5.41, 5.74) is 2.16. The molecule has 1 heterocycles. The van der Waals surface area contributed by atoms with Crippen molar-refractivity contribution in [2.45, 2.75) is 6.92 Å². The molecule has 20 heavy (non-hydrogen) atoms. The van der Waals surface area contributed by atoms with Crippen molar-refractivity contribution >= 4 is 22.6 Å². The molecule has 0 radical (unpaired) electrons. The lowest BCUT2D eigenvalue weighted by Gasteiger charge is -2.02. The molecule has 0 unspecified atom stereocenters. The molecular weight excluding hydrogens is 250 g/mol. The van der Waals surface area contributed by atoms with Gasteiger partial charge in [-0.25, -0.2) is 0 Å². The molecule has 0 amide bonds. The number of para-hydroxylation sites is 1. The first-order chi connectivity index (χ1) is 9.74. The first-order valence-electron chi connectivity index (χ1n) is 6.37. The number of benzene rings is 2. The second-order valence-corrected chi connectivity index (χ2v) is 4.56. The Labute approximate surface area is 116 Å². The van der Waals surface area contributed by atoms with Gasteiger partial charge >= 0.3 is 0 Å².